The maximum Gasteiger partial charge on any atom is 0.164 e. The maximum absolute atomic E-state index is 5.71. The van der Waals surface area contributed by atoms with E-state index in [9.17, 15) is 0 Å². The Morgan fingerprint density at radius 1 is 1.22 bits per heavy atom. The van der Waals surface area contributed by atoms with Crippen LogP contribution in [0.15, 0.2) is 42.6 Å². The summed E-state index contributed by atoms with van der Waals surface area (Å²) < 4.78 is 7.70. The van der Waals surface area contributed by atoms with E-state index >= 15 is 0 Å². The molecule has 92 valence electrons. The summed E-state index contributed by atoms with van der Waals surface area (Å²) >= 11 is 0. The Hall–Kier alpha value is -2.03. The first kappa shape index (κ1) is 11.1. The third-order valence-corrected chi connectivity index (χ3v) is 3.07. The van der Waals surface area contributed by atoms with Gasteiger partial charge in [0.15, 0.2) is 5.75 Å². The van der Waals surface area contributed by atoms with Crippen molar-refractivity contribution in [2.75, 3.05) is 6.61 Å². The number of ether oxygens (including phenoxy) is 1. The van der Waals surface area contributed by atoms with Gasteiger partial charge in [0, 0.05) is 0 Å². The largest absolute Gasteiger partial charge is 0.490 e. The minimum absolute atomic E-state index is 0.772. The zero-order valence-corrected chi connectivity index (χ0v) is 10.2. The predicted octanol–water partition coefficient (Wildman–Crippen LogP) is 3.12. The normalized spacial score (nSPS) is 16.2. The molecule has 3 heteroatoms. The molecule has 3 rings (SSSR count). The number of aromatic nitrogens is 2. The minimum Gasteiger partial charge on any atom is -0.490 e. The van der Waals surface area contributed by atoms with Crippen molar-refractivity contribution in [2.45, 2.75) is 19.4 Å². The Morgan fingerprint density at radius 2 is 2.11 bits per heavy atom. The number of benzene rings is 1. The minimum atomic E-state index is 0.772. The van der Waals surface area contributed by atoms with Gasteiger partial charge < -0.3 is 4.74 Å². The summed E-state index contributed by atoms with van der Waals surface area (Å²) in [4.78, 5) is 0. The second-order valence-electron chi connectivity index (χ2n) is 4.43. The SMILES string of the molecule is C1=C\c2c(cnn2Cc2ccccc2)OCCC/1. The van der Waals surface area contributed by atoms with E-state index in [4.69, 9.17) is 4.74 Å². The molecule has 0 fully saturated rings. The van der Waals surface area contributed by atoms with Crippen LogP contribution >= 0.6 is 0 Å². The van der Waals surface area contributed by atoms with E-state index < -0.39 is 0 Å². The fourth-order valence-corrected chi connectivity index (χ4v) is 2.12. The standard InChI is InChI=1S/C15H16N2O/c1-3-7-13(8-4-1)12-17-14-9-5-2-6-10-18-15(14)11-16-17/h1,3-5,7-9,11H,2,6,10,12H2/b9-5-. The molecule has 0 bridgehead atoms. The second-order valence-corrected chi connectivity index (χ2v) is 4.43. The molecule has 1 aromatic heterocycles. The number of nitrogens with zero attached hydrogens (tertiary/aromatic N) is 2. The zero-order chi connectivity index (χ0) is 12.2. The summed E-state index contributed by atoms with van der Waals surface area (Å²) in [5, 5.41) is 4.42. The van der Waals surface area contributed by atoms with Crippen LogP contribution in [-0.2, 0) is 6.54 Å². The Balaban J connectivity index is 1.90. The third-order valence-electron chi connectivity index (χ3n) is 3.07. The van der Waals surface area contributed by atoms with Crippen LogP contribution in [0.2, 0.25) is 0 Å². The molecule has 0 atom stereocenters. The highest BCUT2D eigenvalue weighted by Gasteiger charge is 2.11. The molecule has 0 amide bonds. The first-order chi connectivity index (χ1) is 8.93. The van der Waals surface area contributed by atoms with Gasteiger partial charge in [-0.05, 0) is 24.5 Å². The summed E-state index contributed by atoms with van der Waals surface area (Å²) in [6.45, 7) is 1.55. The fourth-order valence-electron chi connectivity index (χ4n) is 2.12. The number of allylic oxidation sites excluding steroid dienone is 1. The molecule has 1 aromatic carbocycles. The smallest absolute Gasteiger partial charge is 0.164 e. The lowest BCUT2D eigenvalue weighted by Crippen LogP contribution is -2.05. The molecule has 0 unspecified atom stereocenters. The van der Waals surface area contributed by atoms with Gasteiger partial charge in [0.2, 0.25) is 0 Å². The number of rotatable bonds is 2. The van der Waals surface area contributed by atoms with Crippen LogP contribution in [0.3, 0.4) is 0 Å². The van der Waals surface area contributed by atoms with E-state index in [-0.39, 0.29) is 0 Å². The predicted molar refractivity (Wildman–Crippen MR) is 71.5 cm³/mol. The van der Waals surface area contributed by atoms with Gasteiger partial charge in [0.25, 0.3) is 0 Å². The molecule has 1 aliphatic heterocycles. The maximum atomic E-state index is 5.71. The summed E-state index contributed by atoms with van der Waals surface area (Å²) in [6.07, 6.45) is 8.26. The van der Waals surface area contributed by atoms with E-state index in [1.165, 1.54) is 5.56 Å². The van der Waals surface area contributed by atoms with Gasteiger partial charge in [-0.25, -0.2) is 0 Å². The van der Waals surface area contributed by atoms with Crippen LogP contribution in [0, 0.1) is 0 Å². The molecule has 0 aliphatic carbocycles. The Morgan fingerprint density at radius 3 is 3.00 bits per heavy atom. The van der Waals surface area contributed by atoms with Crippen molar-refractivity contribution in [2.24, 2.45) is 0 Å². The van der Waals surface area contributed by atoms with Gasteiger partial charge >= 0.3 is 0 Å². The van der Waals surface area contributed by atoms with Crippen molar-refractivity contribution in [1.82, 2.24) is 9.78 Å². The van der Waals surface area contributed by atoms with Crippen LogP contribution in [0.25, 0.3) is 6.08 Å². The first-order valence-corrected chi connectivity index (χ1v) is 6.32. The molecule has 1 aliphatic rings. The zero-order valence-electron chi connectivity index (χ0n) is 10.2. The monoisotopic (exact) mass is 240 g/mol. The highest BCUT2D eigenvalue weighted by Crippen LogP contribution is 2.23. The summed E-state index contributed by atoms with van der Waals surface area (Å²) in [5.74, 6) is 0.891. The Labute approximate surface area is 107 Å². The molecular formula is C15H16N2O. The van der Waals surface area contributed by atoms with E-state index in [0.29, 0.717) is 0 Å². The van der Waals surface area contributed by atoms with Gasteiger partial charge in [-0.2, -0.15) is 5.10 Å². The van der Waals surface area contributed by atoms with Crippen molar-refractivity contribution in [1.29, 1.82) is 0 Å². The van der Waals surface area contributed by atoms with Gasteiger partial charge in [-0.3, -0.25) is 4.68 Å². The van der Waals surface area contributed by atoms with Crippen LogP contribution in [0.1, 0.15) is 24.1 Å². The number of fused-ring (bicyclic) bond motifs is 1. The van der Waals surface area contributed by atoms with E-state index in [0.717, 1.165) is 37.4 Å². The first-order valence-electron chi connectivity index (χ1n) is 6.32. The van der Waals surface area contributed by atoms with Gasteiger partial charge in [0.1, 0.15) is 5.69 Å². The summed E-state index contributed by atoms with van der Waals surface area (Å²) in [5.41, 5.74) is 2.32. The molecular weight excluding hydrogens is 224 g/mol. The van der Waals surface area contributed by atoms with Gasteiger partial charge in [-0.1, -0.05) is 36.4 Å². The molecule has 0 saturated carbocycles. The highest BCUT2D eigenvalue weighted by atomic mass is 16.5. The molecule has 18 heavy (non-hydrogen) atoms. The lowest BCUT2D eigenvalue weighted by atomic mass is 10.2. The van der Waals surface area contributed by atoms with Gasteiger partial charge in [0.05, 0.1) is 19.3 Å². The Bertz CT molecular complexity index is 543. The number of hydrogen-bond donors (Lipinski definition) is 0. The quantitative estimate of drug-likeness (QED) is 0.806. The molecule has 3 nitrogen and oxygen atoms in total. The third kappa shape index (κ3) is 2.30. The van der Waals surface area contributed by atoms with Crippen molar-refractivity contribution in [3.63, 3.8) is 0 Å². The van der Waals surface area contributed by atoms with Crippen molar-refractivity contribution >= 4 is 6.08 Å². The topological polar surface area (TPSA) is 27.1 Å². The molecule has 0 N–H and O–H groups in total. The van der Waals surface area contributed by atoms with Crippen molar-refractivity contribution in [3.05, 3.63) is 53.9 Å². The van der Waals surface area contributed by atoms with E-state index in [2.05, 4.69) is 41.5 Å². The van der Waals surface area contributed by atoms with Gasteiger partial charge in [-0.15, -0.1) is 0 Å². The molecule has 0 spiro atoms. The van der Waals surface area contributed by atoms with Crippen LogP contribution in [-0.4, -0.2) is 16.4 Å². The Kier molecular flexibility index (Phi) is 3.13. The average molecular weight is 240 g/mol. The summed E-state index contributed by atoms with van der Waals surface area (Å²) in [7, 11) is 0. The van der Waals surface area contributed by atoms with E-state index in [1.54, 1.807) is 0 Å². The van der Waals surface area contributed by atoms with Crippen LogP contribution in [0.4, 0.5) is 0 Å². The van der Waals surface area contributed by atoms with Crippen LogP contribution < -0.4 is 4.74 Å². The van der Waals surface area contributed by atoms with Crippen molar-refractivity contribution < 1.29 is 4.74 Å². The number of hydrogen-bond acceptors (Lipinski definition) is 2. The molecule has 0 radical (unpaired) electrons. The lowest BCUT2D eigenvalue weighted by molar-refractivity contribution is 0.309. The second kappa shape index (κ2) is 5.08. The molecule has 2 heterocycles. The highest BCUT2D eigenvalue weighted by molar-refractivity contribution is 5.53. The summed E-state index contributed by atoms with van der Waals surface area (Å²) in [6, 6.07) is 10.4. The van der Waals surface area contributed by atoms with Crippen LogP contribution in [0.5, 0.6) is 5.75 Å². The molecule has 2 aromatic rings. The molecule has 0 saturated heterocycles. The average Bonchev–Trinajstić information content (AvgIpc) is 2.72. The van der Waals surface area contributed by atoms with E-state index in [1.807, 2.05) is 16.9 Å². The fraction of sp³-hybridized carbons (Fsp3) is 0.267. The van der Waals surface area contributed by atoms with Crippen molar-refractivity contribution in [3.8, 4) is 5.75 Å². The lowest BCUT2D eigenvalue weighted by Gasteiger charge is -2.09.